The van der Waals surface area contributed by atoms with E-state index in [9.17, 15) is 10.1 Å². The molecule has 0 aliphatic rings. The molecular weight excluding hydrogens is 288 g/mol. The SMILES string of the molecule is CN(C)C[C@H](CNc1ncc([N+](=O)[O-])s1)c1ccccc1. The first-order valence-electron chi connectivity index (χ1n) is 6.60. The van der Waals surface area contributed by atoms with Gasteiger partial charge < -0.3 is 10.2 Å². The van der Waals surface area contributed by atoms with Gasteiger partial charge in [0.05, 0.1) is 4.92 Å². The van der Waals surface area contributed by atoms with E-state index in [-0.39, 0.29) is 5.00 Å². The molecular formula is C14H18N4O2S. The van der Waals surface area contributed by atoms with Gasteiger partial charge in [0.1, 0.15) is 6.20 Å². The summed E-state index contributed by atoms with van der Waals surface area (Å²) in [6.45, 7) is 1.58. The van der Waals surface area contributed by atoms with E-state index in [1.54, 1.807) is 0 Å². The second-order valence-electron chi connectivity index (χ2n) is 5.01. The number of thiazole rings is 1. The summed E-state index contributed by atoms with van der Waals surface area (Å²) in [6.07, 6.45) is 1.29. The van der Waals surface area contributed by atoms with E-state index in [0.29, 0.717) is 17.6 Å². The third-order valence-electron chi connectivity index (χ3n) is 3.03. The van der Waals surface area contributed by atoms with Crippen molar-refractivity contribution < 1.29 is 4.92 Å². The van der Waals surface area contributed by atoms with Crippen LogP contribution in [0.2, 0.25) is 0 Å². The molecule has 1 N–H and O–H groups in total. The average molecular weight is 306 g/mol. The van der Waals surface area contributed by atoms with E-state index in [2.05, 4.69) is 27.3 Å². The first-order chi connectivity index (χ1) is 10.1. The van der Waals surface area contributed by atoms with Crippen LogP contribution in [0.5, 0.6) is 0 Å². The summed E-state index contributed by atoms with van der Waals surface area (Å²) < 4.78 is 0. The molecule has 0 unspecified atom stereocenters. The highest BCUT2D eigenvalue weighted by atomic mass is 32.1. The van der Waals surface area contributed by atoms with Gasteiger partial charge in [0.15, 0.2) is 5.13 Å². The van der Waals surface area contributed by atoms with Crippen molar-refractivity contribution >= 4 is 21.5 Å². The number of nitrogens with zero attached hydrogens (tertiary/aromatic N) is 3. The lowest BCUT2D eigenvalue weighted by molar-refractivity contribution is -0.380. The lowest BCUT2D eigenvalue weighted by Gasteiger charge is -2.21. The maximum atomic E-state index is 10.7. The molecule has 2 rings (SSSR count). The quantitative estimate of drug-likeness (QED) is 0.629. The number of likely N-dealkylation sites (N-methyl/N-ethyl adjacent to an activating group) is 1. The van der Waals surface area contributed by atoms with Crippen LogP contribution in [0.4, 0.5) is 10.1 Å². The molecule has 7 heteroatoms. The summed E-state index contributed by atoms with van der Waals surface area (Å²) in [4.78, 5) is 16.4. The highest BCUT2D eigenvalue weighted by Gasteiger charge is 2.15. The summed E-state index contributed by atoms with van der Waals surface area (Å²) >= 11 is 1.06. The van der Waals surface area contributed by atoms with Crippen LogP contribution in [-0.2, 0) is 0 Å². The van der Waals surface area contributed by atoms with Gasteiger partial charge in [-0.1, -0.05) is 30.3 Å². The third-order valence-corrected chi connectivity index (χ3v) is 3.94. The van der Waals surface area contributed by atoms with Crippen LogP contribution in [0.1, 0.15) is 11.5 Å². The summed E-state index contributed by atoms with van der Waals surface area (Å²) in [5.74, 6) is 0.296. The molecule has 0 aliphatic carbocycles. The van der Waals surface area contributed by atoms with Crippen molar-refractivity contribution in [2.24, 2.45) is 0 Å². The molecule has 1 atom stereocenters. The largest absolute Gasteiger partial charge is 0.361 e. The Morgan fingerprint density at radius 3 is 2.67 bits per heavy atom. The Hall–Kier alpha value is -1.99. The number of hydrogen-bond donors (Lipinski definition) is 1. The van der Waals surface area contributed by atoms with Crippen molar-refractivity contribution in [1.29, 1.82) is 0 Å². The summed E-state index contributed by atoms with van der Waals surface area (Å²) in [7, 11) is 4.06. The Morgan fingerprint density at radius 1 is 1.38 bits per heavy atom. The molecule has 1 aromatic heterocycles. The summed E-state index contributed by atoms with van der Waals surface area (Å²) in [5.41, 5.74) is 1.24. The van der Waals surface area contributed by atoms with Crippen molar-refractivity contribution in [3.05, 3.63) is 52.2 Å². The van der Waals surface area contributed by atoms with Crippen molar-refractivity contribution in [3.8, 4) is 0 Å². The predicted molar refractivity (Wildman–Crippen MR) is 85.0 cm³/mol. The Bertz CT molecular complexity index is 586. The fraction of sp³-hybridized carbons (Fsp3) is 0.357. The maximum Gasteiger partial charge on any atom is 0.345 e. The van der Waals surface area contributed by atoms with Gasteiger partial charge in [0.2, 0.25) is 0 Å². The van der Waals surface area contributed by atoms with Crippen molar-refractivity contribution in [2.45, 2.75) is 5.92 Å². The Morgan fingerprint density at radius 2 is 2.10 bits per heavy atom. The molecule has 0 saturated carbocycles. The zero-order valence-corrected chi connectivity index (χ0v) is 12.8. The van der Waals surface area contributed by atoms with Gasteiger partial charge in [-0.15, -0.1) is 0 Å². The molecule has 0 bridgehead atoms. The van der Waals surface area contributed by atoms with Crippen LogP contribution < -0.4 is 5.32 Å². The first-order valence-corrected chi connectivity index (χ1v) is 7.41. The first kappa shape index (κ1) is 15.4. The number of rotatable bonds is 7. The van der Waals surface area contributed by atoms with Crippen LogP contribution in [-0.4, -0.2) is 42.0 Å². The molecule has 112 valence electrons. The van der Waals surface area contributed by atoms with E-state index >= 15 is 0 Å². The second-order valence-corrected chi connectivity index (χ2v) is 6.02. The van der Waals surface area contributed by atoms with Gasteiger partial charge in [-0.3, -0.25) is 10.1 Å². The highest BCUT2D eigenvalue weighted by molar-refractivity contribution is 7.18. The van der Waals surface area contributed by atoms with Gasteiger partial charge in [-0.25, -0.2) is 4.98 Å². The van der Waals surface area contributed by atoms with Crippen LogP contribution in [0, 0.1) is 10.1 Å². The van der Waals surface area contributed by atoms with E-state index < -0.39 is 4.92 Å². The molecule has 0 spiro atoms. The molecule has 1 heterocycles. The van der Waals surface area contributed by atoms with Crippen LogP contribution >= 0.6 is 11.3 Å². The lowest BCUT2D eigenvalue weighted by Crippen LogP contribution is -2.25. The normalized spacial score (nSPS) is 12.3. The molecule has 21 heavy (non-hydrogen) atoms. The van der Waals surface area contributed by atoms with Crippen LogP contribution in [0.15, 0.2) is 36.5 Å². The van der Waals surface area contributed by atoms with Crippen molar-refractivity contribution in [1.82, 2.24) is 9.88 Å². The molecule has 0 aliphatic heterocycles. The highest BCUT2D eigenvalue weighted by Crippen LogP contribution is 2.26. The molecule has 0 radical (unpaired) electrons. The van der Waals surface area contributed by atoms with Crippen LogP contribution in [0.25, 0.3) is 0 Å². The molecule has 0 amide bonds. The zero-order chi connectivity index (χ0) is 15.2. The van der Waals surface area contributed by atoms with Crippen molar-refractivity contribution in [3.63, 3.8) is 0 Å². The number of benzene rings is 1. The van der Waals surface area contributed by atoms with E-state index in [4.69, 9.17) is 0 Å². The smallest absolute Gasteiger partial charge is 0.345 e. The molecule has 0 saturated heterocycles. The minimum absolute atomic E-state index is 0.0568. The molecule has 1 aromatic carbocycles. The number of hydrogen-bond acceptors (Lipinski definition) is 6. The fourth-order valence-electron chi connectivity index (χ4n) is 2.10. The minimum Gasteiger partial charge on any atom is -0.361 e. The third kappa shape index (κ3) is 4.51. The number of nitrogens with one attached hydrogen (secondary N) is 1. The van der Waals surface area contributed by atoms with Gasteiger partial charge >= 0.3 is 5.00 Å². The topological polar surface area (TPSA) is 71.3 Å². The average Bonchev–Trinajstić information content (AvgIpc) is 2.93. The van der Waals surface area contributed by atoms with Gasteiger partial charge in [0.25, 0.3) is 0 Å². The monoisotopic (exact) mass is 306 g/mol. The molecule has 0 fully saturated rings. The minimum atomic E-state index is -0.419. The Kier molecular flexibility index (Phi) is 5.24. The van der Waals surface area contributed by atoms with Crippen molar-refractivity contribution in [2.75, 3.05) is 32.5 Å². The summed E-state index contributed by atoms with van der Waals surface area (Å²) in [6, 6.07) is 10.2. The Balaban J connectivity index is 2.03. The number of anilines is 1. The van der Waals surface area contributed by atoms with E-state index in [1.807, 2.05) is 32.3 Å². The number of aromatic nitrogens is 1. The standard InChI is InChI=1S/C14H18N4O2S/c1-17(2)10-12(11-6-4-3-5-7-11)8-15-14-16-9-13(21-14)18(19)20/h3-7,9,12H,8,10H2,1-2H3,(H,15,16)/t12-/m0/s1. The zero-order valence-electron chi connectivity index (χ0n) is 12.0. The van der Waals surface area contributed by atoms with Gasteiger partial charge in [-0.05, 0) is 31.0 Å². The van der Waals surface area contributed by atoms with E-state index in [0.717, 1.165) is 17.9 Å². The van der Waals surface area contributed by atoms with Gasteiger partial charge in [-0.2, -0.15) is 0 Å². The predicted octanol–water partition coefficient (Wildman–Crippen LogP) is 2.81. The lowest BCUT2D eigenvalue weighted by atomic mass is 9.99. The van der Waals surface area contributed by atoms with Gasteiger partial charge in [0, 0.05) is 19.0 Å². The molecule has 6 nitrogen and oxygen atoms in total. The Labute approximate surface area is 127 Å². The van der Waals surface area contributed by atoms with Crippen LogP contribution in [0.3, 0.4) is 0 Å². The summed E-state index contributed by atoms with van der Waals surface area (Å²) in [5, 5.41) is 14.5. The maximum absolute atomic E-state index is 10.7. The molecule has 2 aromatic rings. The van der Waals surface area contributed by atoms with E-state index in [1.165, 1.54) is 11.8 Å². The fourth-order valence-corrected chi connectivity index (χ4v) is 2.73. The second kappa shape index (κ2) is 7.14. The number of nitro groups is 1.